The smallest absolute Gasteiger partial charge is 0.308 e. The molecule has 108 valence electrons. The molecule has 5 nitrogen and oxygen atoms in total. The lowest BCUT2D eigenvalue weighted by Gasteiger charge is -2.10. The normalized spacial score (nSPS) is 11.7. The van der Waals surface area contributed by atoms with Crippen molar-refractivity contribution in [3.05, 3.63) is 17.7 Å². The summed E-state index contributed by atoms with van der Waals surface area (Å²) in [4.78, 5) is 3.95. The summed E-state index contributed by atoms with van der Waals surface area (Å²) in [5.41, 5.74) is 1.30. The van der Waals surface area contributed by atoms with Crippen molar-refractivity contribution in [2.75, 3.05) is 11.7 Å². The molecule has 0 saturated carbocycles. The van der Waals surface area contributed by atoms with E-state index in [2.05, 4.69) is 20.6 Å². The summed E-state index contributed by atoms with van der Waals surface area (Å²) in [6.45, 7) is 0. The van der Waals surface area contributed by atoms with E-state index in [4.69, 9.17) is 5.84 Å². The van der Waals surface area contributed by atoms with Crippen molar-refractivity contribution in [1.29, 1.82) is 0 Å². The Balaban J connectivity index is 2.31. The molecule has 3 N–H and O–H groups in total. The maximum atomic E-state index is 12.7. The van der Waals surface area contributed by atoms with E-state index in [1.165, 1.54) is 23.1 Å². The molecule has 0 aromatic carbocycles. The minimum atomic E-state index is -4.46. The van der Waals surface area contributed by atoms with Gasteiger partial charge in [0.2, 0.25) is 0 Å². The Morgan fingerprint density at radius 1 is 1.25 bits per heavy atom. The molecule has 11 heteroatoms. The second-order valence-electron chi connectivity index (χ2n) is 3.36. The van der Waals surface area contributed by atoms with Gasteiger partial charge in [-0.3, -0.25) is 0 Å². The molecule has 0 bridgehead atoms. The van der Waals surface area contributed by atoms with E-state index in [1.54, 1.807) is 0 Å². The van der Waals surface area contributed by atoms with Gasteiger partial charge in [-0.2, -0.15) is 13.2 Å². The van der Waals surface area contributed by atoms with Crippen molar-refractivity contribution in [2.45, 2.75) is 19.9 Å². The van der Waals surface area contributed by atoms with Crippen molar-refractivity contribution < 1.29 is 13.2 Å². The van der Waals surface area contributed by atoms with Crippen LogP contribution in [-0.4, -0.2) is 21.4 Å². The second kappa shape index (κ2) is 6.16. The number of nitrogens with one attached hydrogen (secondary N) is 1. The maximum Gasteiger partial charge on any atom is 0.416 e. The van der Waals surface area contributed by atoms with Crippen LogP contribution in [0.15, 0.2) is 25.8 Å². The number of nitrogens with zero attached hydrogens (tertiary/aromatic N) is 3. The number of hydrogen-bond donors (Lipinski definition) is 2. The number of halogens is 3. The summed E-state index contributed by atoms with van der Waals surface area (Å²) in [6, 6.07) is 1.79. The molecule has 0 spiro atoms. The van der Waals surface area contributed by atoms with E-state index >= 15 is 0 Å². The zero-order valence-electron chi connectivity index (χ0n) is 9.93. The van der Waals surface area contributed by atoms with Crippen LogP contribution in [0.25, 0.3) is 0 Å². The lowest BCUT2D eigenvalue weighted by Crippen LogP contribution is -2.12. The number of hydrazine groups is 1. The Labute approximate surface area is 124 Å². The third kappa shape index (κ3) is 3.75. The molecule has 2 heterocycles. The van der Waals surface area contributed by atoms with Gasteiger partial charge in [0, 0.05) is 0 Å². The molecule has 20 heavy (non-hydrogen) atoms. The summed E-state index contributed by atoms with van der Waals surface area (Å²) < 4.78 is 39.5. The van der Waals surface area contributed by atoms with E-state index < -0.39 is 11.7 Å². The fraction of sp³-hybridized carbons (Fsp3) is 0.222. The molecule has 0 aliphatic rings. The van der Waals surface area contributed by atoms with E-state index in [0.717, 1.165) is 28.2 Å². The Morgan fingerprint density at radius 3 is 2.50 bits per heavy atom. The van der Waals surface area contributed by atoms with Gasteiger partial charge in [-0.25, -0.2) is 10.8 Å². The first-order valence-corrected chi connectivity index (χ1v) is 7.89. The molecule has 0 amide bonds. The first-order chi connectivity index (χ1) is 9.42. The first-order valence-electron chi connectivity index (χ1n) is 5.03. The van der Waals surface area contributed by atoms with E-state index in [-0.39, 0.29) is 10.8 Å². The Hall–Kier alpha value is -1.04. The lowest BCUT2D eigenvalue weighted by atomic mass is 10.2. The van der Waals surface area contributed by atoms with E-state index in [1.807, 2.05) is 6.26 Å². The molecule has 2 aromatic heterocycles. The number of hydrogen-bond acceptors (Lipinski definition) is 8. The van der Waals surface area contributed by atoms with Crippen molar-refractivity contribution in [3.8, 4) is 0 Å². The fourth-order valence-corrected chi connectivity index (χ4v) is 3.62. The van der Waals surface area contributed by atoms with Gasteiger partial charge in [0.05, 0.1) is 5.56 Å². The minimum Gasteiger partial charge on any atom is -0.308 e. The second-order valence-corrected chi connectivity index (χ2v) is 6.66. The quantitative estimate of drug-likeness (QED) is 0.503. The highest BCUT2D eigenvalue weighted by Crippen LogP contribution is 2.36. The van der Waals surface area contributed by atoms with Gasteiger partial charge in [-0.05, 0) is 30.2 Å². The number of anilines is 1. The van der Waals surface area contributed by atoms with Gasteiger partial charge in [0.1, 0.15) is 10.8 Å². The Bertz CT molecular complexity index is 601. The molecule has 0 unspecified atom stereocenters. The van der Waals surface area contributed by atoms with Crippen LogP contribution in [0.3, 0.4) is 0 Å². The number of nitrogen functional groups attached to an aromatic ring is 1. The van der Waals surface area contributed by atoms with Gasteiger partial charge < -0.3 is 5.43 Å². The highest BCUT2D eigenvalue weighted by atomic mass is 32.2. The van der Waals surface area contributed by atoms with Crippen molar-refractivity contribution in [2.24, 2.45) is 5.84 Å². The molecule has 2 rings (SSSR count). The zero-order chi connectivity index (χ0) is 14.8. The van der Waals surface area contributed by atoms with Crippen LogP contribution in [-0.2, 0) is 6.18 Å². The maximum absolute atomic E-state index is 12.7. The molecule has 2 aromatic rings. The summed E-state index contributed by atoms with van der Waals surface area (Å²) in [5, 5.41) is 7.88. The Kier molecular flexibility index (Phi) is 4.73. The third-order valence-electron chi connectivity index (χ3n) is 2.03. The van der Waals surface area contributed by atoms with Crippen molar-refractivity contribution in [1.82, 2.24) is 15.2 Å². The van der Waals surface area contributed by atoms with Crippen LogP contribution in [0.1, 0.15) is 5.56 Å². The van der Waals surface area contributed by atoms with E-state index in [9.17, 15) is 13.2 Å². The number of alkyl halides is 3. The van der Waals surface area contributed by atoms with Crippen molar-refractivity contribution >= 4 is 40.7 Å². The van der Waals surface area contributed by atoms with E-state index in [0.29, 0.717) is 4.34 Å². The molecule has 0 aliphatic heterocycles. The van der Waals surface area contributed by atoms with Gasteiger partial charge in [0.25, 0.3) is 0 Å². The average Bonchev–Trinajstić information content (AvgIpc) is 2.85. The molecular weight excluding hydrogens is 331 g/mol. The molecule has 0 aliphatic carbocycles. The number of aromatic nitrogens is 3. The van der Waals surface area contributed by atoms with Gasteiger partial charge >= 0.3 is 6.18 Å². The average molecular weight is 339 g/mol. The van der Waals surface area contributed by atoms with Gasteiger partial charge in [-0.15, -0.1) is 10.2 Å². The van der Waals surface area contributed by atoms with Crippen LogP contribution < -0.4 is 11.3 Å². The van der Waals surface area contributed by atoms with Crippen LogP contribution >= 0.6 is 34.9 Å². The number of pyridine rings is 1. The summed E-state index contributed by atoms with van der Waals surface area (Å²) in [6.07, 6.45) is -2.62. The van der Waals surface area contributed by atoms with Crippen LogP contribution in [0, 0.1) is 0 Å². The molecule has 0 atom stereocenters. The van der Waals surface area contributed by atoms with Gasteiger partial charge in [-0.1, -0.05) is 23.1 Å². The molecular formula is C9H8F3N5S3. The molecule has 0 radical (unpaired) electrons. The minimum absolute atomic E-state index is 0.0584. The van der Waals surface area contributed by atoms with Crippen molar-refractivity contribution in [3.63, 3.8) is 0 Å². The highest BCUT2D eigenvalue weighted by Gasteiger charge is 2.31. The molecule has 0 fully saturated rings. The summed E-state index contributed by atoms with van der Waals surface area (Å²) in [5.74, 6) is 5.07. The lowest BCUT2D eigenvalue weighted by molar-refractivity contribution is -0.137. The fourth-order valence-electron chi connectivity index (χ4n) is 1.21. The largest absolute Gasteiger partial charge is 0.416 e. The summed E-state index contributed by atoms with van der Waals surface area (Å²) in [7, 11) is 0. The molecule has 0 saturated heterocycles. The number of thioether (sulfide) groups is 1. The third-order valence-corrected chi connectivity index (χ3v) is 4.90. The zero-order valence-corrected chi connectivity index (χ0v) is 12.4. The number of rotatable bonds is 4. The Morgan fingerprint density at radius 2 is 1.95 bits per heavy atom. The predicted molar refractivity (Wildman–Crippen MR) is 72.9 cm³/mol. The SMILES string of the molecule is CSc1nnc(Sc2cc(C(F)(F)F)cc(NN)n2)s1. The summed E-state index contributed by atoms with van der Waals surface area (Å²) >= 11 is 3.71. The van der Waals surface area contributed by atoms with Crippen LogP contribution in [0.4, 0.5) is 19.0 Å². The van der Waals surface area contributed by atoms with Crippen LogP contribution in [0.2, 0.25) is 0 Å². The topological polar surface area (TPSA) is 76.7 Å². The first kappa shape index (κ1) is 15.4. The standard InChI is InChI=1S/C9H8F3N5S3/c1-18-7-16-17-8(20-7)19-6-3-4(9(10,11)12)2-5(14-6)15-13/h2-3H,13H2,1H3,(H,14,15). The van der Waals surface area contributed by atoms with Gasteiger partial charge in [0.15, 0.2) is 8.68 Å². The monoisotopic (exact) mass is 339 g/mol. The van der Waals surface area contributed by atoms with Crippen LogP contribution in [0.5, 0.6) is 0 Å². The predicted octanol–water partition coefficient (Wildman–Crippen LogP) is 3.11. The highest BCUT2D eigenvalue weighted by molar-refractivity contribution is 8.02. The number of nitrogens with two attached hydrogens (primary N) is 1.